The average Bonchev–Trinajstić information content (AvgIpc) is 3.28. The van der Waals surface area contributed by atoms with E-state index < -0.39 is 0 Å². The summed E-state index contributed by atoms with van der Waals surface area (Å²) in [5.74, 6) is 1.87. The van der Waals surface area contributed by atoms with Gasteiger partial charge in [-0.1, -0.05) is 53.6 Å². The first-order chi connectivity index (χ1) is 15.6. The highest BCUT2D eigenvalue weighted by atomic mass is 35.5. The molecule has 0 aliphatic carbocycles. The lowest BCUT2D eigenvalue weighted by Gasteiger charge is -2.13. The van der Waals surface area contributed by atoms with E-state index in [0.717, 1.165) is 21.8 Å². The molecule has 0 saturated heterocycles. The second-order valence-electron chi connectivity index (χ2n) is 7.31. The number of ether oxygens (including phenoxy) is 2. The first kappa shape index (κ1) is 24.5. The van der Waals surface area contributed by atoms with Gasteiger partial charge >= 0.3 is 0 Å². The van der Waals surface area contributed by atoms with E-state index in [1.54, 1.807) is 11.8 Å². The first-order valence-corrected chi connectivity index (χ1v) is 10.6. The van der Waals surface area contributed by atoms with Gasteiger partial charge in [0.2, 0.25) is 0 Å². The van der Waals surface area contributed by atoms with Crippen molar-refractivity contribution in [1.29, 1.82) is 0 Å². The normalized spacial score (nSPS) is 10.5. The summed E-state index contributed by atoms with van der Waals surface area (Å²) in [6.45, 7) is 3.60. The van der Waals surface area contributed by atoms with Gasteiger partial charge in [-0.15, -0.1) is 17.5 Å². The van der Waals surface area contributed by atoms with Crippen molar-refractivity contribution in [2.75, 3.05) is 7.11 Å². The summed E-state index contributed by atoms with van der Waals surface area (Å²) in [7, 11) is 1.62. The molecular formula is C24H25Cl2N5O2. The van der Waals surface area contributed by atoms with Crippen molar-refractivity contribution in [3.8, 4) is 17.2 Å². The predicted molar refractivity (Wildman–Crippen MR) is 130 cm³/mol. The third kappa shape index (κ3) is 6.22. The molecule has 0 amide bonds. The van der Waals surface area contributed by atoms with E-state index in [-0.39, 0.29) is 19.0 Å². The summed E-state index contributed by atoms with van der Waals surface area (Å²) in [5, 5.41) is 16.1. The molecule has 0 bridgehead atoms. The largest absolute Gasteiger partial charge is 0.493 e. The Balaban J connectivity index is 0.00000306. The molecule has 1 aromatic heterocycles. The maximum Gasteiger partial charge on any atom is 0.194 e. The second-order valence-corrected chi connectivity index (χ2v) is 7.72. The Morgan fingerprint density at radius 1 is 0.970 bits per heavy atom. The maximum absolute atomic E-state index is 6.22. The Labute approximate surface area is 204 Å². The molecule has 0 atom stereocenters. The molecule has 4 aromatic rings. The molecule has 9 heteroatoms. The fourth-order valence-corrected chi connectivity index (χ4v) is 3.45. The van der Waals surface area contributed by atoms with Crippen LogP contribution in [0, 0.1) is 6.92 Å². The highest BCUT2D eigenvalue weighted by molar-refractivity contribution is 6.31. The van der Waals surface area contributed by atoms with Crippen LogP contribution >= 0.6 is 24.0 Å². The number of rotatable bonds is 9. The van der Waals surface area contributed by atoms with Crippen LogP contribution < -0.4 is 14.8 Å². The second kappa shape index (κ2) is 11.7. The van der Waals surface area contributed by atoms with Crippen LogP contribution in [0.5, 0.6) is 11.5 Å². The van der Waals surface area contributed by atoms with Gasteiger partial charge in [0, 0.05) is 18.1 Å². The van der Waals surface area contributed by atoms with Crippen LogP contribution in [0.3, 0.4) is 0 Å². The van der Waals surface area contributed by atoms with Gasteiger partial charge in [-0.05, 0) is 58.8 Å². The lowest BCUT2D eigenvalue weighted by Crippen LogP contribution is -2.13. The number of nitrogens with zero attached hydrogens (tertiary/aromatic N) is 4. The highest BCUT2D eigenvalue weighted by Gasteiger charge is 2.12. The zero-order valence-electron chi connectivity index (χ0n) is 18.4. The lowest BCUT2D eigenvalue weighted by molar-refractivity contribution is 0.273. The van der Waals surface area contributed by atoms with Crippen molar-refractivity contribution in [2.45, 2.75) is 26.6 Å². The SMILES string of the molecule is COc1cc(CNCc2ccccc2Cl)ccc1OCc1nnnn1-c1ccc(C)cc1.Cl. The van der Waals surface area contributed by atoms with Gasteiger partial charge in [-0.3, -0.25) is 0 Å². The quantitative estimate of drug-likeness (QED) is 0.362. The number of halogens is 2. The average molecular weight is 486 g/mol. The van der Waals surface area contributed by atoms with Gasteiger partial charge in [0.1, 0.15) is 0 Å². The maximum atomic E-state index is 6.22. The minimum absolute atomic E-state index is 0. The molecule has 172 valence electrons. The van der Waals surface area contributed by atoms with Gasteiger partial charge < -0.3 is 14.8 Å². The Hall–Kier alpha value is -3.13. The predicted octanol–water partition coefficient (Wildman–Crippen LogP) is 4.92. The molecule has 0 saturated carbocycles. The van der Waals surface area contributed by atoms with Gasteiger partial charge in [-0.25, -0.2) is 0 Å². The molecule has 0 radical (unpaired) electrons. The molecule has 1 N–H and O–H groups in total. The fraction of sp³-hybridized carbons (Fsp3) is 0.208. The van der Waals surface area contributed by atoms with Crippen molar-refractivity contribution < 1.29 is 9.47 Å². The number of aryl methyl sites for hydroxylation is 1. The fourth-order valence-electron chi connectivity index (χ4n) is 3.25. The summed E-state index contributed by atoms with van der Waals surface area (Å²) in [4.78, 5) is 0. The number of benzene rings is 3. The zero-order chi connectivity index (χ0) is 22.3. The molecule has 0 spiro atoms. The van der Waals surface area contributed by atoms with E-state index in [0.29, 0.717) is 30.4 Å². The highest BCUT2D eigenvalue weighted by Crippen LogP contribution is 2.29. The van der Waals surface area contributed by atoms with Gasteiger partial charge in [0.25, 0.3) is 0 Å². The smallest absolute Gasteiger partial charge is 0.194 e. The number of methoxy groups -OCH3 is 1. The standard InChI is InChI=1S/C24H24ClN5O2.ClH/c1-17-7-10-20(11-8-17)30-24(27-28-29-30)16-32-22-12-9-18(13-23(22)31-2)14-26-15-19-5-3-4-6-21(19)25;/h3-13,26H,14-16H2,1-2H3;1H. The van der Waals surface area contributed by atoms with Gasteiger partial charge in [-0.2, -0.15) is 4.68 Å². The third-order valence-electron chi connectivity index (χ3n) is 5.00. The number of hydrogen-bond acceptors (Lipinski definition) is 6. The van der Waals surface area contributed by atoms with E-state index in [9.17, 15) is 0 Å². The summed E-state index contributed by atoms with van der Waals surface area (Å²) in [5.41, 5.74) is 4.19. The number of hydrogen-bond donors (Lipinski definition) is 1. The molecule has 0 unspecified atom stereocenters. The minimum Gasteiger partial charge on any atom is -0.493 e. The third-order valence-corrected chi connectivity index (χ3v) is 5.37. The number of aromatic nitrogens is 4. The molecule has 0 aliphatic rings. The molecule has 0 fully saturated rings. The van der Waals surface area contributed by atoms with E-state index in [1.165, 1.54) is 5.56 Å². The van der Waals surface area contributed by atoms with Crippen molar-refractivity contribution in [2.24, 2.45) is 0 Å². The van der Waals surface area contributed by atoms with Crippen LogP contribution in [0.25, 0.3) is 5.69 Å². The van der Waals surface area contributed by atoms with Crippen molar-refractivity contribution in [1.82, 2.24) is 25.5 Å². The summed E-state index contributed by atoms with van der Waals surface area (Å²) in [6, 6.07) is 21.6. The molecule has 1 heterocycles. The van der Waals surface area contributed by atoms with Crippen molar-refractivity contribution >= 4 is 24.0 Å². The molecule has 3 aromatic carbocycles. The van der Waals surface area contributed by atoms with Gasteiger partial charge in [0.15, 0.2) is 23.9 Å². The van der Waals surface area contributed by atoms with Crippen LogP contribution in [0.1, 0.15) is 22.5 Å². The lowest BCUT2D eigenvalue weighted by atomic mass is 10.2. The van der Waals surface area contributed by atoms with Crippen LogP contribution in [0.4, 0.5) is 0 Å². The van der Waals surface area contributed by atoms with Gasteiger partial charge in [0.05, 0.1) is 12.8 Å². The number of tetrazole rings is 1. The van der Waals surface area contributed by atoms with Crippen molar-refractivity contribution in [3.63, 3.8) is 0 Å². The van der Waals surface area contributed by atoms with Crippen LogP contribution in [-0.4, -0.2) is 27.3 Å². The van der Waals surface area contributed by atoms with E-state index in [2.05, 4.69) is 20.8 Å². The topological polar surface area (TPSA) is 74.1 Å². The van der Waals surface area contributed by atoms with Crippen LogP contribution in [-0.2, 0) is 19.7 Å². The molecule has 4 rings (SSSR count). The molecule has 0 aliphatic heterocycles. The zero-order valence-corrected chi connectivity index (χ0v) is 19.9. The Morgan fingerprint density at radius 3 is 2.52 bits per heavy atom. The monoisotopic (exact) mass is 485 g/mol. The Bertz CT molecular complexity index is 1180. The summed E-state index contributed by atoms with van der Waals surface area (Å²) < 4.78 is 13.2. The first-order valence-electron chi connectivity index (χ1n) is 10.2. The van der Waals surface area contributed by atoms with Crippen LogP contribution in [0.15, 0.2) is 66.7 Å². The van der Waals surface area contributed by atoms with Crippen molar-refractivity contribution in [3.05, 3.63) is 94.3 Å². The summed E-state index contributed by atoms with van der Waals surface area (Å²) in [6.07, 6.45) is 0. The van der Waals surface area contributed by atoms with E-state index in [4.69, 9.17) is 21.1 Å². The van der Waals surface area contributed by atoms with E-state index >= 15 is 0 Å². The van der Waals surface area contributed by atoms with Crippen LogP contribution in [0.2, 0.25) is 5.02 Å². The Morgan fingerprint density at radius 2 is 1.76 bits per heavy atom. The minimum atomic E-state index is 0. The van der Waals surface area contributed by atoms with E-state index in [1.807, 2.05) is 73.7 Å². The summed E-state index contributed by atoms with van der Waals surface area (Å²) >= 11 is 6.22. The molecule has 33 heavy (non-hydrogen) atoms. The number of nitrogens with one attached hydrogen (secondary N) is 1. The molecular weight excluding hydrogens is 461 g/mol. The Kier molecular flexibility index (Phi) is 8.65. The molecule has 7 nitrogen and oxygen atoms in total.